The van der Waals surface area contributed by atoms with Crippen molar-refractivity contribution in [2.75, 3.05) is 5.73 Å². The van der Waals surface area contributed by atoms with Gasteiger partial charge in [0.25, 0.3) is 0 Å². The summed E-state index contributed by atoms with van der Waals surface area (Å²) in [5.41, 5.74) is 9.23. The van der Waals surface area contributed by atoms with Crippen LogP contribution < -0.4 is 5.73 Å². The Balaban J connectivity index is 2.37. The van der Waals surface area contributed by atoms with Gasteiger partial charge in [-0.15, -0.1) is 0 Å². The van der Waals surface area contributed by atoms with E-state index in [1.807, 2.05) is 0 Å². The van der Waals surface area contributed by atoms with Crippen LogP contribution in [0.5, 0.6) is 0 Å². The third-order valence-electron chi connectivity index (χ3n) is 3.69. The fourth-order valence-corrected chi connectivity index (χ4v) is 1.97. The highest BCUT2D eigenvalue weighted by Gasteiger charge is 2.21. The Morgan fingerprint density at radius 3 is 2.26 bits per heavy atom. The van der Waals surface area contributed by atoms with E-state index in [-0.39, 0.29) is 5.41 Å². The number of nitrogen functional groups attached to an aromatic ring is 1. The molecule has 0 fully saturated rings. The van der Waals surface area contributed by atoms with Gasteiger partial charge in [0, 0.05) is 18.0 Å². The van der Waals surface area contributed by atoms with E-state index in [0.717, 1.165) is 11.1 Å². The average molecular weight is 255 g/mol. The van der Waals surface area contributed by atoms with Gasteiger partial charge in [0.15, 0.2) is 0 Å². The molecule has 0 saturated heterocycles. The first kappa shape index (κ1) is 13.5. The summed E-state index contributed by atoms with van der Waals surface area (Å²) in [6.07, 6.45) is 3.53. The van der Waals surface area contributed by atoms with E-state index >= 15 is 0 Å². The van der Waals surface area contributed by atoms with E-state index in [4.69, 9.17) is 5.73 Å². The Morgan fingerprint density at radius 1 is 1.05 bits per heavy atom. The molecule has 0 saturated carbocycles. The number of aromatic nitrogens is 2. The van der Waals surface area contributed by atoms with Crippen molar-refractivity contribution in [1.82, 2.24) is 9.97 Å². The zero-order valence-corrected chi connectivity index (χ0v) is 12.0. The van der Waals surface area contributed by atoms with Crippen molar-refractivity contribution < 1.29 is 0 Å². The Morgan fingerprint density at radius 2 is 1.68 bits per heavy atom. The van der Waals surface area contributed by atoms with Crippen molar-refractivity contribution in [3.63, 3.8) is 0 Å². The first-order valence-electron chi connectivity index (χ1n) is 6.56. The standard InChI is InChI=1S/C16H21N3/c1-11(16(2,3)4)12-6-5-7-13(8-12)14-9-18-15(17)19-10-14/h5-11H,1-4H3,(H2,17,18,19). The molecule has 0 aliphatic rings. The quantitative estimate of drug-likeness (QED) is 0.886. The molecule has 0 aliphatic heterocycles. The van der Waals surface area contributed by atoms with Gasteiger partial charge in [-0.3, -0.25) is 0 Å². The number of rotatable bonds is 2. The van der Waals surface area contributed by atoms with Gasteiger partial charge >= 0.3 is 0 Å². The fourth-order valence-electron chi connectivity index (χ4n) is 1.97. The maximum Gasteiger partial charge on any atom is 0.219 e. The highest BCUT2D eigenvalue weighted by Crippen LogP contribution is 2.35. The van der Waals surface area contributed by atoms with Crippen LogP contribution >= 0.6 is 0 Å². The third-order valence-corrected chi connectivity index (χ3v) is 3.69. The first-order chi connectivity index (χ1) is 8.88. The average Bonchev–Trinajstić information content (AvgIpc) is 2.38. The molecule has 1 heterocycles. The minimum Gasteiger partial charge on any atom is -0.368 e. The van der Waals surface area contributed by atoms with Gasteiger partial charge in [0.05, 0.1) is 0 Å². The number of hydrogen-bond acceptors (Lipinski definition) is 3. The lowest BCUT2D eigenvalue weighted by Crippen LogP contribution is -2.15. The van der Waals surface area contributed by atoms with Crippen LogP contribution in [0.4, 0.5) is 5.95 Å². The van der Waals surface area contributed by atoms with Crippen LogP contribution in [0.1, 0.15) is 39.2 Å². The maximum atomic E-state index is 5.52. The van der Waals surface area contributed by atoms with Crippen LogP contribution in [0.25, 0.3) is 11.1 Å². The normalized spacial score (nSPS) is 13.3. The molecule has 1 atom stereocenters. The smallest absolute Gasteiger partial charge is 0.219 e. The summed E-state index contributed by atoms with van der Waals surface area (Å²) in [5.74, 6) is 0.796. The number of nitrogens with two attached hydrogens (primary N) is 1. The summed E-state index contributed by atoms with van der Waals surface area (Å²) in [4.78, 5) is 8.09. The van der Waals surface area contributed by atoms with E-state index in [9.17, 15) is 0 Å². The molecule has 100 valence electrons. The number of anilines is 1. The lowest BCUT2D eigenvalue weighted by atomic mass is 9.77. The van der Waals surface area contributed by atoms with Gasteiger partial charge in [0.2, 0.25) is 5.95 Å². The molecule has 1 aromatic carbocycles. The number of nitrogens with zero attached hydrogens (tertiary/aromatic N) is 2. The van der Waals surface area contributed by atoms with Gasteiger partial charge in [0.1, 0.15) is 0 Å². The summed E-state index contributed by atoms with van der Waals surface area (Å²) < 4.78 is 0. The molecule has 0 radical (unpaired) electrons. The molecule has 19 heavy (non-hydrogen) atoms. The third kappa shape index (κ3) is 3.11. The van der Waals surface area contributed by atoms with Gasteiger partial charge in [-0.1, -0.05) is 52.0 Å². The Bertz CT molecular complexity index is 553. The monoisotopic (exact) mass is 255 g/mol. The fraction of sp³-hybridized carbons (Fsp3) is 0.375. The van der Waals surface area contributed by atoms with E-state index in [2.05, 4.69) is 61.9 Å². The topological polar surface area (TPSA) is 51.8 Å². The molecule has 0 aliphatic carbocycles. The molecule has 3 heteroatoms. The predicted octanol–water partition coefficient (Wildman–Crippen LogP) is 3.88. The molecule has 2 aromatic rings. The lowest BCUT2D eigenvalue weighted by Gasteiger charge is -2.28. The molecule has 2 N–H and O–H groups in total. The van der Waals surface area contributed by atoms with Crippen LogP contribution in [0.2, 0.25) is 0 Å². The molecular weight excluding hydrogens is 234 g/mol. The van der Waals surface area contributed by atoms with E-state index in [1.165, 1.54) is 5.56 Å². The van der Waals surface area contributed by atoms with Gasteiger partial charge in [-0.2, -0.15) is 0 Å². The zero-order chi connectivity index (χ0) is 14.0. The Kier molecular flexibility index (Phi) is 3.56. The van der Waals surface area contributed by atoms with Crippen LogP contribution in [-0.2, 0) is 0 Å². The second kappa shape index (κ2) is 5.00. The van der Waals surface area contributed by atoms with Crippen molar-refractivity contribution in [2.45, 2.75) is 33.6 Å². The number of hydrogen-bond donors (Lipinski definition) is 1. The van der Waals surface area contributed by atoms with E-state index in [0.29, 0.717) is 11.9 Å². The maximum absolute atomic E-state index is 5.52. The molecule has 3 nitrogen and oxygen atoms in total. The number of benzene rings is 1. The molecule has 0 amide bonds. The Hall–Kier alpha value is -1.90. The molecule has 0 bridgehead atoms. The minimum atomic E-state index is 0.246. The van der Waals surface area contributed by atoms with E-state index in [1.54, 1.807) is 12.4 Å². The second-order valence-corrected chi connectivity index (χ2v) is 6.04. The molecule has 0 spiro atoms. The van der Waals surface area contributed by atoms with Crippen molar-refractivity contribution in [2.24, 2.45) is 5.41 Å². The van der Waals surface area contributed by atoms with Crippen molar-refractivity contribution in [3.8, 4) is 11.1 Å². The molecule has 2 rings (SSSR count). The van der Waals surface area contributed by atoms with Crippen LogP contribution in [-0.4, -0.2) is 9.97 Å². The first-order valence-corrected chi connectivity index (χ1v) is 6.56. The molecule has 1 unspecified atom stereocenters. The SMILES string of the molecule is CC(c1cccc(-c2cnc(N)nc2)c1)C(C)(C)C. The predicted molar refractivity (Wildman–Crippen MR) is 79.8 cm³/mol. The van der Waals surface area contributed by atoms with E-state index < -0.39 is 0 Å². The summed E-state index contributed by atoms with van der Waals surface area (Å²) in [7, 11) is 0. The van der Waals surface area contributed by atoms with Crippen LogP contribution in [0, 0.1) is 5.41 Å². The highest BCUT2D eigenvalue weighted by atomic mass is 15.0. The zero-order valence-electron chi connectivity index (χ0n) is 12.0. The van der Waals surface area contributed by atoms with Crippen molar-refractivity contribution in [1.29, 1.82) is 0 Å². The highest BCUT2D eigenvalue weighted by molar-refractivity contribution is 5.63. The largest absolute Gasteiger partial charge is 0.368 e. The second-order valence-electron chi connectivity index (χ2n) is 6.04. The van der Waals surface area contributed by atoms with Crippen LogP contribution in [0.3, 0.4) is 0 Å². The van der Waals surface area contributed by atoms with Gasteiger partial charge < -0.3 is 5.73 Å². The van der Waals surface area contributed by atoms with Gasteiger partial charge in [-0.25, -0.2) is 9.97 Å². The lowest BCUT2D eigenvalue weighted by molar-refractivity contribution is 0.339. The summed E-state index contributed by atoms with van der Waals surface area (Å²) in [6, 6.07) is 8.55. The Labute approximate surface area is 114 Å². The van der Waals surface area contributed by atoms with Crippen molar-refractivity contribution >= 4 is 5.95 Å². The summed E-state index contributed by atoms with van der Waals surface area (Å²) >= 11 is 0. The molecule has 1 aromatic heterocycles. The van der Waals surface area contributed by atoms with Gasteiger partial charge in [-0.05, 0) is 22.5 Å². The molecular formula is C16H21N3. The van der Waals surface area contributed by atoms with Crippen LogP contribution in [0.15, 0.2) is 36.7 Å². The van der Waals surface area contributed by atoms with Crippen molar-refractivity contribution in [3.05, 3.63) is 42.2 Å². The summed E-state index contributed by atoms with van der Waals surface area (Å²) in [5, 5.41) is 0. The summed E-state index contributed by atoms with van der Waals surface area (Å²) in [6.45, 7) is 9.04. The minimum absolute atomic E-state index is 0.246.